The van der Waals surface area contributed by atoms with Gasteiger partial charge in [0.2, 0.25) is 0 Å². The molecule has 22 heavy (non-hydrogen) atoms. The first-order valence-electron chi connectivity index (χ1n) is 8.35. The minimum atomic E-state index is -0.131. The van der Waals surface area contributed by atoms with Gasteiger partial charge in [0.05, 0.1) is 5.92 Å². The summed E-state index contributed by atoms with van der Waals surface area (Å²) >= 11 is 1.66. The van der Waals surface area contributed by atoms with Gasteiger partial charge in [-0.05, 0) is 49.7 Å². The van der Waals surface area contributed by atoms with Gasteiger partial charge in [0.25, 0.3) is 0 Å². The highest BCUT2D eigenvalue weighted by atomic mass is 32.1. The number of hydrogen-bond acceptors (Lipinski definition) is 4. The molecule has 4 heteroatoms. The summed E-state index contributed by atoms with van der Waals surface area (Å²) in [5.41, 5.74) is 0. The van der Waals surface area contributed by atoms with Gasteiger partial charge in [0.15, 0.2) is 0 Å². The SMILES string of the molecule is CCN(CC)CCOC(=O)[C@H](c1cccs1)[C@@H]1C=CCCC1. The summed E-state index contributed by atoms with van der Waals surface area (Å²) in [5.74, 6) is 0.0905. The zero-order valence-electron chi connectivity index (χ0n) is 13.7. The van der Waals surface area contributed by atoms with Gasteiger partial charge < -0.3 is 9.64 Å². The predicted molar refractivity (Wildman–Crippen MR) is 92.3 cm³/mol. The fraction of sp³-hybridized carbons (Fsp3) is 0.611. The first-order chi connectivity index (χ1) is 10.8. The normalized spacial score (nSPS) is 19.3. The summed E-state index contributed by atoms with van der Waals surface area (Å²) in [4.78, 5) is 16.0. The van der Waals surface area contributed by atoms with Crippen molar-refractivity contribution in [2.75, 3.05) is 26.2 Å². The van der Waals surface area contributed by atoms with Crippen LogP contribution in [-0.4, -0.2) is 37.1 Å². The highest BCUT2D eigenvalue weighted by molar-refractivity contribution is 7.10. The quantitative estimate of drug-likeness (QED) is 0.534. The number of esters is 1. The number of rotatable bonds is 8. The van der Waals surface area contributed by atoms with Gasteiger partial charge in [-0.25, -0.2) is 0 Å². The van der Waals surface area contributed by atoms with Crippen molar-refractivity contribution < 1.29 is 9.53 Å². The largest absolute Gasteiger partial charge is 0.464 e. The predicted octanol–water partition coefficient (Wildman–Crippen LogP) is 4.07. The molecule has 0 saturated carbocycles. The minimum absolute atomic E-state index is 0.0637. The molecule has 0 N–H and O–H groups in total. The zero-order chi connectivity index (χ0) is 15.8. The Bertz CT molecular complexity index is 465. The second-order valence-electron chi connectivity index (χ2n) is 5.71. The maximum Gasteiger partial charge on any atom is 0.314 e. The van der Waals surface area contributed by atoms with Gasteiger partial charge in [0, 0.05) is 11.4 Å². The standard InChI is InChI=1S/C18H27NO2S/c1-3-19(4-2)12-13-21-18(20)17(16-11-8-14-22-16)15-9-6-5-7-10-15/h6,8-9,11,14-15,17H,3-5,7,10,12-13H2,1-2H3/t15-,17+/m1/s1. The molecule has 1 aliphatic carbocycles. The number of ether oxygens (including phenoxy) is 1. The van der Waals surface area contributed by atoms with E-state index < -0.39 is 0 Å². The molecule has 0 amide bonds. The summed E-state index contributed by atoms with van der Waals surface area (Å²) < 4.78 is 5.61. The Hall–Kier alpha value is -1.13. The minimum Gasteiger partial charge on any atom is -0.464 e. The topological polar surface area (TPSA) is 29.5 Å². The van der Waals surface area contributed by atoms with E-state index in [2.05, 4.69) is 37.0 Å². The molecule has 1 aromatic heterocycles. The van der Waals surface area contributed by atoms with E-state index >= 15 is 0 Å². The fourth-order valence-electron chi connectivity index (χ4n) is 2.99. The third kappa shape index (κ3) is 4.68. The molecular formula is C18H27NO2S. The fourth-order valence-corrected chi connectivity index (χ4v) is 3.88. The second kappa shape index (κ2) is 9.11. The highest BCUT2D eigenvalue weighted by Gasteiger charge is 2.31. The van der Waals surface area contributed by atoms with Gasteiger partial charge >= 0.3 is 5.97 Å². The Morgan fingerprint density at radius 2 is 2.27 bits per heavy atom. The van der Waals surface area contributed by atoms with Crippen LogP contribution in [0.1, 0.15) is 43.9 Å². The summed E-state index contributed by atoms with van der Waals surface area (Å²) in [5, 5.41) is 2.04. The monoisotopic (exact) mass is 321 g/mol. The average molecular weight is 321 g/mol. The Morgan fingerprint density at radius 1 is 1.45 bits per heavy atom. The number of hydrogen-bond donors (Lipinski definition) is 0. The van der Waals surface area contributed by atoms with Crippen molar-refractivity contribution in [3.63, 3.8) is 0 Å². The van der Waals surface area contributed by atoms with Gasteiger partial charge in [-0.3, -0.25) is 4.79 Å². The molecule has 0 aromatic carbocycles. The van der Waals surface area contributed by atoms with Crippen LogP contribution >= 0.6 is 11.3 Å². The molecule has 0 unspecified atom stereocenters. The van der Waals surface area contributed by atoms with Crippen LogP contribution in [0.5, 0.6) is 0 Å². The van der Waals surface area contributed by atoms with E-state index in [0.29, 0.717) is 6.61 Å². The first-order valence-corrected chi connectivity index (χ1v) is 9.23. The molecule has 122 valence electrons. The number of thiophene rings is 1. The van der Waals surface area contributed by atoms with Crippen LogP contribution in [0.4, 0.5) is 0 Å². The summed E-state index contributed by atoms with van der Waals surface area (Å²) in [6.07, 6.45) is 7.78. The van der Waals surface area contributed by atoms with Crippen LogP contribution < -0.4 is 0 Å². The number of allylic oxidation sites excluding steroid dienone is 2. The molecule has 0 bridgehead atoms. The zero-order valence-corrected chi connectivity index (χ0v) is 14.5. The van der Waals surface area contributed by atoms with E-state index in [0.717, 1.165) is 43.8 Å². The third-order valence-corrected chi connectivity index (χ3v) is 5.32. The lowest BCUT2D eigenvalue weighted by molar-refractivity contribution is -0.147. The van der Waals surface area contributed by atoms with Gasteiger partial charge in [0.1, 0.15) is 6.61 Å². The molecule has 1 heterocycles. The Balaban J connectivity index is 1.97. The molecule has 1 aliphatic rings. The molecule has 0 spiro atoms. The van der Waals surface area contributed by atoms with E-state index in [1.54, 1.807) is 11.3 Å². The lowest BCUT2D eigenvalue weighted by Crippen LogP contribution is -2.30. The lowest BCUT2D eigenvalue weighted by atomic mass is 9.83. The molecule has 1 aromatic rings. The van der Waals surface area contributed by atoms with Crippen LogP contribution in [0.25, 0.3) is 0 Å². The van der Waals surface area contributed by atoms with Crippen molar-refractivity contribution in [3.8, 4) is 0 Å². The maximum atomic E-state index is 12.6. The Labute approximate surface area is 138 Å². The van der Waals surface area contributed by atoms with E-state index in [-0.39, 0.29) is 17.8 Å². The molecule has 0 fully saturated rings. The molecular weight excluding hydrogens is 294 g/mol. The van der Waals surface area contributed by atoms with E-state index in [9.17, 15) is 4.79 Å². The van der Waals surface area contributed by atoms with Gasteiger partial charge in [-0.2, -0.15) is 0 Å². The van der Waals surface area contributed by atoms with Crippen molar-refractivity contribution in [1.29, 1.82) is 0 Å². The van der Waals surface area contributed by atoms with Crippen LogP contribution in [0, 0.1) is 5.92 Å². The van der Waals surface area contributed by atoms with Crippen molar-refractivity contribution in [2.45, 2.75) is 39.0 Å². The van der Waals surface area contributed by atoms with Crippen LogP contribution in [0.2, 0.25) is 0 Å². The van der Waals surface area contributed by atoms with Crippen LogP contribution in [0.3, 0.4) is 0 Å². The molecule has 2 atom stereocenters. The summed E-state index contributed by atoms with van der Waals surface area (Å²) in [6, 6.07) is 4.08. The van der Waals surface area contributed by atoms with Gasteiger partial charge in [-0.15, -0.1) is 11.3 Å². The number of nitrogens with zero attached hydrogens (tertiary/aromatic N) is 1. The summed E-state index contributed by atoms with van der Waals surface area (Å²) in [7, 11) is 0. The Kier molecular flexibility index (Phi) is 7.13. The Morgan fingerprint density at radius 3 is 2.86 bits per heavy atom. The second-order valence-corrected chi connectivity index (χ2v) is 6.69. The van der Waals surface area contributed by atoms with Crippen molar-refractivity contribution in [1.82, 2.24) is 4.90 Å². The van der Waals surface area contributed by atoms with Gasteiger partial charge in [-0.1, -0.05) is 32.1 Å². The van der Waals surface area contributed by atoms with Crippen molar-refractivity contribution in [2.24, 2.45) is 5.92 Å². The average Bonchev–Trinajstić information content (AvgIpc) is 3.07. The summed E-state index contributed by atoms with van der Waals surface area (Å²) in [6.45, 7) is 7.55. The number of carbonyl (C=O) groups is 1. The van der Waals surface area contributed by atoms with Crippen LogP contribution in [0.15, 0.2) is 29.7 Å². The third-order valence-electron chi connectivity index (χ3n) is 4.37. The molecule has 2 rings (SSSR count). The van der Waals surface area contributed by atoms with E-state index in [1.165, 1.54) is 0 Å². The molecule has 0 aliphatic heterocycles. The molecule has 0 radical (unpaired) electrons. The van der Waals surface area contributed by atoms with E-state index in [1.807, 2.05) is 11.4 Å². The first kappa shape index (κ1) is 17.2. The van der Waals surface area contributed by atoms with Crippen LogP contribution in [-0.2, 0) is 9.53 Å². The van der Waals surface area contributed by atoms with Crippen molar-refractivity contribution >= 4 is 17.3 Å². The highest BCUT2D eigenvalue weighted by Crippen LogP contribution is 2.35. The van der Waals surface area contributed by atoms with Crippen molar-refractivity contribution in [3.05, 3.63) is 34.5 Å². The lowest BCUT2D eigenvalue weighted by Gasteiger charge is -2.25. The van der Waals surface area contributed by atoms with E-state index in [4.69, 9.17) is 4.74 Å². The number of carbonyl (C=O) groups excluding carboxylic acids is 1. The molecule has 0 saturated heterocycles. The number of likely N-dealkylation sites (N-methyl/N-ethyl adjacent to an activating group) is 1. The molecule has 3 nitrogen and oxygen atoms in total. The maximum absolute atomic E-state index is 12.6. The smallest absolute Gasteiger partial charge is 0.314 e.